The van der Waals surface area contributed by atoms with Crippen molar-refractivity contribution >= 4 is 0 Å². The van der Waals surface area contributed by atoms with Gasteiger partial charge in [-0.2, -0.15) is 5.26 Å². The zero-order chi connectivity index (χ0) is 14.5. The quantitative estimate of drug-likeness (QED) is 0.870. The molecule has 2 aromatic carbocycles. The van der Waals surface area contributed by atoms with E-state index in [1.54, 1.807) is 18.2 Å². The van der Waals surface area contributed by atoms with Crippen molar-refractivity contribution in [3.8, 4) is 6.07 Å². The van der Waals surface area contributed by atoms with Crippen LogP contribution in [0.1, 0.15) is 16.7 Å². The van der Waals surface area contributed by atoms with Gasteiger partial charge in [-0.3, -0.25) is 0 Å². The van der Waals surface area contributed by atoms with Crippen LogP contribution in [0.2, 0.25) is 0 Å². The van der Waals surface area contributed by atoms with Gasteiger partial charge in [-0.05, 0) is 23.8 Å². The van der Waals surface area contributed by atoms with E-state index in [4.69, 9.17) is 5.26 Å². The molecule has 0 aromatic heterocycles. The topological polar surface area (TPSA) is 35.8 Å². The molecule has 2 nitrogen and oxygen atoms in total. The summed E-state index contributed by atoms with van der Waals surface area (Å²) in [5.41, 5.74) is 1.44. The minimum Gasteiger partial charge on any atom is -0.309 e. The summed E-state index contributed by atoms with van der Waals surface area (Å²) in [6.07, 6.45) is 0. The van der Waals surface area contributed by atoms with Gasteiger partial charge in [-0.25, -0.2) is 13.2 Å². The molecular formula is C15H11F3N2. The lowest BCUT2D eigenvalue weighted by molar-refractivity contribution is 0.487. The number of hydrogen-bond acceptors (Lipinski definition) is 2. The van der Waals surface area contributed by atoms with Gasteiger partial charge in [-0.15, -0.1) is 0 Å². The lowest BCUT2D eigenvalue weighted by Gasteiger charge is -2.07. The Morgan fingerprint density at radius 1 is 0.950 bits per heavy atom. The second-order valence-electron chi connectivity index (χ2n) is 4.27. The number of halogens is 3. The summed E-state index contributed by atoms with van der Waals surface area (Å²) in [6.45, 7) is 0.466. The number of nitrogens with one attached hydrogen (secondary N) is 1. The van der Waals surface area contributed by atoms with E-state index < -0.39 is 17.5 Å². The minimum absolute atomic E-state index is 0.0559. The Balaban J connectivity index is 1.99. The second-order valence-corrected chi connectivity index (χ2v) is 4.27. The molecule has 0 aliphatic carbocycles. The molecule has 0 spiro atoms. The van der Waals surface area contributed by atoms with Gasteiger partial charge in [0.15, 0.2) is 11.6 Å². The first kappa shape index (κ1) is 14.1. The van der Waals surface area contributed by atoms with Crippen LogP contribution < -0.4 is 5.32 Å². The fourth-order valence-corrected chi connectivity index (χ4v) is 1.79. The van der Waals surface area contributed by atoms with Crippen LogP contribution in [0.15, 0.2) is 36.4 Å². The third-order valence-corrected chi connectivity index (χ3v) is 2.79. The first-order valence-electron chi connectivity index (χ1n) is 5.93. The molecule has 0 atom stereocenters. The minimum atomic E-state index is -1.20. The highest BCUT2D eigenvalue weighted by molar-refractivity contribution is 5.32. The van der Waals surface area contributed by atoms with Crippen LogP contribution in [-0.4, -0.2) is 0 Å². The van der Waals surface area contributed by atoms with Crippen LogP contribution in [-0.2, 0) is 13.1 Å². The summed E-state index contributed by atoms with van der Waals surface area (Å²) in [7, 11) is 0. The Bertz CT molecular complexity index is 663. The highest BCUT2D eigenvalue weighted by Crippen LogP contribution is 2.13. The normalized spacial score (nSPS) is 10.3. The van der Waals surface area contributed by atoms with Crippen LogP contribution in [0.4, 0.5) is 13.2 Å². The van der Waals surface area contributed by atoms with E-state index in [9.17, 15) is 13.2 Å². The maximum atomic E-state index is 13.4. The van der Waals surface area contributed by atoms with E-state index in [-0.39, 0.29) is 12.1 Å². The van der Waals surface area contributed by atoms with Gasteiger partial charge in [0.2, 0.25) is 0 Å². The van der Waals surface area contributed by atoms with Gasteiger partial charge < -0.3 is 5.32 Å². The van der Waals surface area contributed by atoms with E-state index in [1.165, 1.54) is 0 Å². The van der Waals surface area contributed by atoms with E-state index in [0.717, 1.165) is 11.6 Å². The Morgan fingerprint density at radius 2 is 1.70 bits per heavy atom. The summed E-state index contributed by atoms with van der Waals surface area (Å²) in [6, 6.07) is 10.3. The second kappa shape index (κ2) is 6.22. The first-order valence-corrected chi connectivity index (χ1v) is 5.93. The summed E-state index contributed by atoms with van der Waals surface area (Å²) < 4.78 is 39.2. The lowest BCUT2D eigenvalue weighted by Crippen LogP contribution is -2.14. The monoisotopic (exact) mass is 276 g/mol. The number of benzene rings is 2. The highest BCUT2D eigenvalue weighted by Gasteiger charge is 2.09. The third kappa shape index (κ3) is 3.37. The Labute approximate surface area is 114 Å². The smallest absolute Gasteiger partial charge is 0.161 e. The van der Waals surface area contributed by atoms with Crippen molar-refractivity contribution < 1.29 is 13.2 Å². The van der Waals surface area contributed by atoms with Crippen molar-refractivity contribution in [2.75, 3.05) is 0 Å². The zero-order valence-corrected chi connectivity index (χ0v) is 10.5. The molecule has 0 fully saturated rings. The third-order valence-electron chi connectivity index (χ3n) is 2.79. The van der Waals surface area contributed by atoms with Crippen molar-refractivity contribution in [1.82, 2.24) is 5.32 Å². The molecule has 0 unspecified atom stereocenters. The molecule has 0 saturated carbocycles. The molecule has 2 rings (SSSR count). The maximum Gasteiger partial charge on any atom is 0.161 e. The average Bonchev–Trinajstić information content (AvgIpc) is 2.44. The largest absolute Gasteiger partial charge is 0.309 e. The van der Waals surface area contributed by atoms with Gasteiger partial charge >= 0.3 is 0 Å². The summed E-state index contributed by atoms with van der Waals surface area (Å²) in [5.74, 6) is -3.06. The van der Waals surface area contributed by atoms with Gasteiger partial charge in [0.25, 0.3) is 0 Å². The fraction of sp³-hybridized carbons (Fsp3) is 0.133. The molecule has 1 N–H and O–H groups in total. The van der Waals surface area contributed by atoms with Crippen molar-refractivity contribution in [3.63, 3.8) is 0 Å². The van der Waals surface area contributed by atoms with Crippen molar-refractivity contribution in [2.45, 2.75) is 13.1 Å². The molecule has 5 heteroatoms. The SMILES string of the molecule is N#Cc1cccc(CNCc2cc(F)c(F)cc2F)c1. The fourth-order valence-electron chi connectivity index (χ4n) is 1.79. The Morgan fingerprint density at radius 3 is 2.45 bits per heavy atom. The molecule has 0 aliphatic heterocycles. The molecule has 102 valence electrons. The molecular weight excluding hydrogens is 265 g/mol. The number of nitriles is 1. The van der Waals surface area contributed by atoms with Gasteiger partial charge in [0, 0.05) is 24.7 Å². The molecule has 0 radical (unpaired) electrons. The Hall–Kier alpha value is -2.32. The van der Waals surface area contributed by atoms with Crippen LogP contribution >= 0.6 is 0 Å². The molecule has 0 aliphatic rings. The molecule has 2 aromatic rings. The molecule has 0 bridgehead atoms. The summed E-state index contributed by atoms with van der Waals surface area (Å²) in [5, 5.41) is 11.7. The molecule has 0 saturated heterocycles. The predicted molar refractivity (Wildman–Crippen MR) is 68.0 cm³/mol. The van der Waals surface area contributed by atoms with Gasteiger partial charge in [-0.1, -0.05) is 12.1 Å². The number of hydrogen-bond donors (Lipinski definition) is 1. The van der Waals surface area contributed by atoms with Crippen molar-refractivity contribution in [1.29, 1.82) is 5.26 Å². The Kier molecular flexibility index (Phi) is 4.38. The molecule has 20 heavy (non-hydrogen) atoms. The van der Waals surface area contributed by atoms with Crippen LogP contribution in [0.3, 0.4) is 0 Å². The van der Waals surface area contributed by atoms with Gasteiger partial charge in [0.1, 0.15) is 5.82 Å². The predicted octanol–water partition coefficient (Wildman–Crippen LogP) is 3.27. The van der Waals surface area contributed by atoms with Crippen LogP contribution in [0.25, 0.3) is 0 Å². The van der Waals surface area contributed by atoms with E-state index in [0.29, 0.717) is 18.2 Å². The highest BCUT2D eigenvalue weighted by atomic mass is 19.2. The maximum absolute atomic E-state index is 13.4. The number of nitrogens with zero attached hydrogens (tertiary/aromatic N) is 1. The van der Waals surface area contributed by atoms with E-state index in [2.05, 4.69) is 5.32 Å². The summed E-state index contributed by atoms with van der Waals surface area (Å²) in [4.78, 5) is 0. The zero-order valence-electron chi connectivity index (χ0n) is 10.5. The van der Waals surface area contributed by atoms with Crippen molar-refractivity contribution in [2.24, 2.45) is 0 Å². The van der Waals surface area contributed by atoms with Gasteiger partial charge in [0.05, 0.1) is 11.6 Å². The molecule has 0 heterocycles. The van der Waals surface area contributed by atoms with E-state index in [1.807, 2.05) is 12.1 Å². The lowest BCUT2D eigenvalue weighted by atomic mass is 10.1. The summed E-state index contributed by atoms with van der Waals surface area (Å²) >= 11 is 0. The molecule has 0 amide bonds. The van der Waals surface area contributed by atoms with Crippen LogP contribution in [0.5, 0.6) is 0 Å². The standard InChI is InChI=1S/C15H11F3N2/c16-13-6-15(18)14(17)5-12(13)9-20-8-11-3-1-2-10(4-11)7-19/h1-6,20H,8-9H2. The van der Waals surface area contributed by atoms with Crippen LogP contribution in [0, 0.1) is 28.8 Å². The van der Waals surface area contributed by atoms with E-state index >= 15 is 0 Å². The first-order chi connectivity index (χ1) is 9.60. The van der Waals surface area contributed by atoms with Crippen molar-refractivity contribution in [3.05, 3.63) is 70.5 Å². The average molecular weight is 276 g/mol. The number of rotatable bonds is 4.